The minimum Gasteiger partial charge on any atom is -0.384 e. The van der Waals surface area contributed by atoms with E-state index >= 15 is 0 Å². The summed E-state index contributed by atoms with van der Waals surface area (Å²) in [5.74, 6) is 0. The zero-order chi connectivity index (χ0) is 14.1. The summed E-state index contributed by atoms with van der Waals surface area (Å²) < 4.78 is 0. The van der Waals surface area contributed by atoms with Crippen LogP contribution in [0.3, 0.4) is 0 Å². The van der Waals surface area contributed by atoms with Gasteiger partial charge in [0.1, 0.15) is 6.10 Å². The van der Waals surface area contributed by atoms with Gasteiger partial charge in [-0.2, -0.15) is 0 Å². The summed E-state index contributed by atoms with van der Waals surface area (Å²) in [4.78, 5) is 4.29. The molecule has 4 heteroatoms. The van der Waals surface area contributed by atoms with Crippen molar-refractivity contribution in [1.82, 2.24) is 4.98 Å². The third-order valence-corrected chi connectivity index (χ3v) is 3.81. The fourth-order valence-corrected chi connectivity index (χ4v) is 2.66. The van der Waals surface area contributed by atoms with E-state index in [0.717, 1.165) is 16.5 Å². The fourth-order valence-electron chi connectivity index (χ4n) is 2.26. The molecule has 0 aliphatic heterocycles. The molecule has 0 saturated heterocycles. The summed E-state index contributed by atoms with van der Waals surface area (Å²) in [7, 11) is 0. The number of hydrogen-bond acceptors (Lipinski definition) is 2. The van der Waals surface area contributed by atoms with Crippen molar-refractivity contribution < 1.29 is 5.11 Å². The van der Waals surface area contributed by atoms with Gasteiger partial charge < -0.3 is 5.11 Å². The molecule has 0 radical (unpaired) electrons. The molecule has 0 amide bonds. The summed E-state index contributed by atoms with van der Waals surface area (Å²) in [6.07, 6.45) is 0.888. The fraction of sp³-hybridized carbons (Fsp3) is 0.0625. The molecule has 1 N–H and O–H groups in total. The van der Waals surface area contributed by atoms with Gasteiger partial charge in [-0.3, -0.25) is 4.98 Å². The van der Waals surface area contributed by atoms with Crippen LogP contribution in [0.1, 0.15) is 17.2 Å². The van der Waals surface area contributed by atoms with Crippen LogP contribution < -0.4 is 0 Å². The first-order valence-electron chi connectivity index (χ1n) is 6.13. The van der Waals surface area contributed by atoms with Crippen LogP contribution >= 0.6 is 23.2 Å². The first-order valence-corrected chi connectivity index (χ1v) is 6.89. The maximum atomic E-state index is 10.6. The Labute approximate surface area is 126 Å². The van der Waals surface area contributed by atoms with E-state index in [2.05, 4.69) is 4.98 Å². The summed E-state index contributed by atoms with van der Waals surface area (Å²) >= 11 is 12.1. The zero-order valence-corrected chi connectivity index (χ0v) is 11.9. The van der Waals surface area contributed by atoms with Gasteiger partial charge in [0, 0.05) is 27.2 Å². The summed E-state index contributed by atoms with van der Waals surface area (Å²) in [5, 5.41) is 12.6. The Kier molecular flexibility index (Phi) is 3.62. The van der Waals surface area contributed by atoms with Crippen molar-refractivity contribution in [2.75, 3.05) is 0 Å². The van der Waals surface area contributed by atoms with E-state index < -0.39 is 6.10 Å². The van der Waals surface area contributed by atoms with Crippen LogP contribution in [0.4, 0.5) is 0 Å². The van der Waals surface area contributed by atoms with E-state index in [1.807, 2.05) is 30.3 Å². The Hall–Kier alpha value is -1.61. The molecule has 1 heterocycles. The van der Waals surface area contributed by atoms with Gasteiger partial charge in [0.25, 0.3) is 0 Å². The lowest BCUT2D eigenvalue weighted by atomic mass is 9.97. The van der Waals surface area contributed by atoms with Gasteiger partial charge in [-0.25, -0.2) is 0 Å². The smallest absolute Gasteiger partial charge is 0.106 e. The molecule has 100 valence electrons. The third kappa shape index (κ3) is 2.38. The van der Waals surface area contributed by atoms with Crippen molar-refractivity contribution in [3.05, 3.63) is 75.9 Å². The number of aliphatic hydroxyl groups is 1. The Bertz CT molecular complexity index is 768. The van der Waals surface area contributed by atoms with Gasteiger partial charge >= 0.3 is 0 Å². The number of rotatable bonds is 2. The number of aromatic nitrogens is 1. The lowest BCUT2D eigenvalue weighted by Crippen LogP contribution is -2.01. The molecule has 0 aliphatic rings. The summed E-state index contributed by atoms with van der Waals surface area (Å²) in [6, 6.07) is 14.5. The monoisotopic (exact) mass is 303 g/mol. The molecule has 1 unspecified atom stereocenters. The highest BCUT2D eigenvalue weighted by Gasteiger charge is 2.17. The van der Waals surface area contributed by atoms with Crippen molar-refractivity contribution in [2.45, 2.75) is 6.10 Å². The van der Waals surface area contributed by atoms with E-state index in [0.29, 0.717) is 15.6 Å². The topological polar surface area (TPSA) is 33.1 Å². The highest BCUT2D eigenvalue weighted by Crippen LogP contribution is 2.33. The van der Waals surface area contributed by atoms with Gasteiger partial charge in [0.05, 0.1) is 5.52 Å². The molecule has 3 rings (SSSR count). The largest absolute Gasteiger partial charge is 0.384 e. The second-order valence-corrected chi connectivity index (χ2v) is 5.33. The van der Waals surface area contributed by atoms with E-state index in [1.54, 1.807) is 24.4 Å². The maximum Gasteiger partial charge on any atom is 0.106 e. The number of halogens is 2. The minimum absolute atomic E-state index is 0.489. The lowest BCUT2D eigenvalue weighted by Gasteiger charge is -2.15. The standard InChI is InChI=1S/C16H11Cl2NO/c17-10-6-7-14(18)13(9-10)16(20)12-3-1-5-15-11(12)4-2-8-19-15/h1-9,16,20H. The molecule has 0 spiro atoms. The van der Waals surface area contributed by atoms with Gasteiger partial charge in [-0.15, -0.1) is 0 Å². The normalized spacial score (nSPS) is 12.6. The Balaban J connectivity index is 2.17. The van der Waals surface area contributed by atoms with Gasteiger partial charge in [0.15, 0.2) is 0 Å². The summed E-state index contributed by atoms with van der Waals surface area (Å²) in [5.41, 5.74) is 2.19. The first-order chi connectivity index (χ1) is 9.66. The van der Waals surface area contributed by atoms with Gasteiger partial charge in [0.2, 0.25) is 0 Å². The molecular weight excluding hydrogens is 293 g/mol. The lowest BCUT2D eigenvalue weighted by molar-refractivity contribution is 0.222. The molecule has 2 nitrogen and oxygen atoms in total. The SMILES string of the molecule is OC(c1cc(Cl)ccc1Cl)c1cccc2ncccc12. The van der Waals surface area contributed by atoms with E-state index in [9.17, 15) is 5.11 Å². The average molecular weight is 304 g/mol. The molecule has 1 aromatic heterocycles. The van der Waals surface area contributed by atoms with Crippen molar-refractivity contribution in [3.63, 3.8) is 0 Å². The minimum atomic E-state index is -0.839. The van der Waals surface area contributed by atoms with E-state index in [-0.39, 0.29) is 0 Å². The number of fused-ring (bicyclic) bond motifs is 1. The van der Waals surface area contributed by atoms with Gasteiger partial charge in [-0.05, 0) is 35.9 Å². The molecule has 0 fully saturated rings. The predicted molar refractivity (Wildman–Crippen MR) is 82.3 cm³/mol. The molecule has 0 saturated carbocycles. The predicted octanol–water partition coefficient (Wildman–Crippen LogP) is 4.62. The zero-order valence-electron chi connectivity index (χ0n) is 10.4. The maximum absolute atomic E-state index is 10.6. The van der Waals surface area contributed by atoms with Gasteiger partial charge in [-0.1, -0.05) is 41.4 Å². The highest BCUT2D eigenvalue weighted by atomic mass is 35.5. The van der Waals surface area contributed by atoms with Crippen LogP contribution in [-0.2, 0) is 0 Å². The second kappa shape index (κ2) is 5.41. The Morgan fingerprint density at radius 3 is 2.65 bits per heavy atom. The van der Waals surface area contributed by atoms with Crippen LogP contribution in [0.2, 0.25) is 10.0 Å². The van der Waals surface area contributed by atoms with Crippen LogP contribution in [-0.4, -0.2) is 10.1 Å². The van der Waals surface area contributed by atoms with Crippen molar-refractivity contribution in [1.29, 1.82) is 0 Å². The first kappa shape index (κ1) is 13.4. The average Bonchev–Trinajstić information content (AvgIpc) is 2.48. The molecule has 0 bridgehead atoms. The number of nitrogens with zero attached hydrogens (tertiary/aromatic N) is 1. The number of pyridine rings is 1. The highest BCUT2D eigenvalue weighted by molar-refractivity contribution is 6.33. The van der Waals surface area contributed by atoms with Crippen LogP contribution in [0, 0.1) is 0 Å². The molecule has 1 atom stereocenters. The quantitative estimate of drug-likeness (QED) is 0.749. The summed E-state index contributed by atoms with van der Waals surface area (Å²) in [6.45, 7) is 0. The van der Waals surface area contributed by atoms with Crippen molar-refractivity contribution >= 4 is 34.1 Å². The molecule has 0 aliphatic carbocycles. The van der Waals surface area contributed by atoms with E-state index in [1.165, 1.54) is 0 Å². The molecular formula is C16H11Cl2NO. The Morgan fingerprint density at radius 2 is 1.80 bits per heavy atom. The van der Waals surface area contributed by atoms with Crippen molar-refractivity contribution in [3.8, 4) is 0 Å². The third-order valence-electron chi connectivity index (χ3n) is 3.23. The van der Waals surface area contributed by atoms with Crippen LogP contribution in [0.15, 0.2) is 54.7 Å². The van der Waals surface area contributed by atoms with Crippen LogP contribution in [0.5, 0.6) is 0 Å². The molecule has 2 aromatic carbocycles. The number of aliphatic hydroxyl groups excluding tert-OH is 1. The van der Waals surface area contributed by atoms with Crippen LogP contribution in [0.25, 0.3) is 10.9 Å². The Morgan fingerprint density at radius 1 is 0.950 bits per heavy atom. The molecule has 3 aromatic rings. The van der Waals surface area contributed by atoms with E-state index in [4.69, 9.17) is 23.2 Å². The van der Waals surface area contributed by atoms with Crippen molar-refractivity contribution in [2.24, 2.45) is 0 Å². The number of hydrogen-bond donors (Lipinski definition) is 1. The number of benzene rings is 2. The molecule has 20 heavy (non-hydrogen) atoms. The second-order valence-electron chi connectivity index (χ2n) is 4.49.